The number of imidazole rings is 1. The lowest BCUT2D eigenvalue weighted by Gasteiger charge is -2.05. The molecule has 2 rings (SSSR count). The Bertz CT molecular complexity index is 642. The third-order valence-corrected chi connectivity index (χ3v) is 4.19. The van der Waals surface area contributed by atoms with E-state index in [1.54, 1.807) is 4.68 Å². The van der Waals surface area contributed by atoms with Crippen LogP contribution in [0.25, 0.3) is 0 Å². The van der Waals surface area contributed by atoms with Crippen LogP contribution in [0.2, 0.25) is 0 Å². The fourth-order valence-corrected chi connectivity index (χ4v) is 2.61. The summed E-state index contributed by atoms with van der Waals surface area (Å²) in [4.78, 5) is 6.26. The van der Waals surface area contributed by atoms with Gasteiger partial charge in [-0.05, 0) is 13.8 Å². The van der Waals surface area contributed by atoms with Gasteiger partial charge >= 0.3 is 0 Å². The predicted molar refractivity (Wildman–Crippen MR) is 65.3 cm³/mol. The number of nitrogens with zero attached hydrogens (tertiary/aromatic N) is 3. The molecule has 0 unspecified atom stereocenters. The maximum Gasteiger partial charge on any atom is 0.257 e. The van der Waals surface area contributed by atoms with Crippen LogP contribution in [0.5, 0.6) is 0 Å². The maximum atomic E-state index is 11.9. The lowest BCUT2D eigenvalue weighted by Crippen LogP contribution is -2.24. The Morgan fingerprint density at radius 2 is 2.17 bits per heavy atom. The number of hydrogen-bond acceptors (Lipinski definition) is 4. The molecule has 2 heterocycles. The third kappa shape index (κ3) is 2.29. The summed E-state index contributed by atoms with van der Waals surface area (Å²) in [5.41, 5.74) is 2.66. The van der Waals surface area contributed by atoms with Gasteiger partial charge in [-0.15, -0.1) is 0 Å². The molecule has 0 saturated carbocycles. The minimum atomic E-state index is -3.54. The van der Waals surface area contributed by atoms with E-state index < -0.39 is 10.0 Å². The highest BCUT2D eigenvalue weighted by Crippen LogP contribution is 2.12. The van der Waals surface area contributed by atoms with Gasteiger partial charge in [0.15, 0.2) is 5.03 Å². The van der Waals surface area contributed by atoms with Crippen LogP contribution in [0.15, 0.2) is 17.6 Å². The van der Waals surface area contributed by atoms with E-state index in [1.165, 1.54) is 12.5 Å². The summed E-state index contributed by atoms with van der Waals surface area (Å²) < 4.78 is 28.0. The van der Waals surface area contributed by atoms with E-state index in [9.17, 15) is 8.42 Å². The number of H-pyrrole nitrogens is 1. The Labute approximate surface area is 105 Å². The monoisotopic (exact) mass is 269 g/mol. The number of aryl methyl sites for hydroxylation is 2. The van der Waals surface area contributed by atoms with Crippen LogP contribution in [0.1, 0.15) is 17.0 Å². The average Bonchev–Trinajstić information content (AvgIpc) is 2.88. The second kappa shape index (κ2) is 4.54. The fourth-order valence-electron chi connectivity index (χ4n) is 1.71. The highest BCUT2D eigenvalue weighted by atomic mass is 32.2. The summed E-state index contributed by atoms with van der Waals surface area (Å²) in [7, 11) is -1.72. The van der Waals surface area contributed by atoms with E-state index in [4.69, 9.17) is 0 Å². The van der Waals surface area contributed by atoms with Crippen molar-refractivity contribution in [1.29, 1.82) is 0 Å². The van der Waals surface area contributed by atoms with Crippen molar-refractivity contribution in [3.8, 4) is 0 Å². The van der Waals surface area contributed by atoms with Crippen molar-refractivity contribution in [1.82, 2.24) is 24.5 Å². The first-order chi connectivity index (χ1) is 8.42. The minimum Gasteiger partial charge on any atom is -0.335 e. The van der Waals surface area contributed by atoms with Gasteiger partial charge in [0.1, 0.15) is 0 Å². The zero-order valence-electron chi connectivity index (χ0n) is 10.4. The molecule has 98 valence electrons. The van der Waals surface area contributed by atoms with Crippen LogP contribution in [-0.4, -0.2) is 28.2 Å². The smallest absolute Gasteiger partial charge is 0.257 e. The molecule has 0 bridgehead atoms. The number of hydrogen-bond donors (Lipinski definition) is 2. The number of nitrogens with one attached hydrogen (secondary N) is 2. The molecule has 0 aliphatic carbocycles. The lowest BCUT2D eigenvalue weighted by atomic mass is 10.2. The van der Waals surface area contributed by atoms with Gasteiger partial charge in [-0.2, -0.15) is 5.10 Å². The summed E-state index contributed by atoms with van der Waals surface area (Å²) in [6, 6.07) is 0. The second-order valence-corrected chi connectivity index (χ2v) is 5.75. The molecule has 0 amide bonds. The molecule has 0 aliphatic heterocycles. The second-order valence-electron chi connectivity index (χ2n) is 4.01. The normalized spacial score (nSPS) is 11.9. The highest BCUT2D eigenvalue weighted by molar-refractivity contribution is 7.89. The molecule has 8 heteroatoms. The number of sulfonamides is 1. The molecular formula is C10H15N5O2S. The van der Waals surface area contributed by atoms with Crippen LogP contribution in [0, 0.1) is 13.8 Å². The van der Waals surface area contributed by atoms with E-state index >= 15 is 0 Å². The first kappa shape index (κ1) is 12.8. The summed E-state index contributed by atoms with van der Waals surface area (Å²) in [5, 5.41) is 4.29. The Morgan fingerprint density at radius 3 is 2.67 bits per heavy atom. The Balaban J connectivity index is 2.18. The quantitative estimate of drug-likeness (QED) is 0.831. The lowest BCUT2D eigenvalue weighted by molar-refractivity contribution is 0.578. The van der Waals surface area contributed by atoms with Crippen molar-refractivity contribution < 1.29 is 8.42 Å². The van der Waals surface area contributed by atoms with Gasteiger partial charge in [0.25, 0.3) is 10.0 Å². The summed E-state index contributed by atoms with van der Waals surface area (Å²) in [6.07, 6.45) is 2.60. The van der Waals surface area contributed by atoms with Crippen molar-refractivity contribution >= 4 is 10.0 Å². The highest BCUT2D eigenvalue weighted by Gasteiger charge is 2.17. The predicted octanol–water partition coefficient (Wildman–Crippen LogP) is 0.239. The van der Waals surface area contributed by atoms with Crippen LogP contribution in [0.3, 0.4) is 0 Å². The molecule has 18 heavy (non-hydrogen) atoms. The summed E-state index contributed by atoms with van der Waals surface area (Å²) >= 11 is 0. The van der Waals surface area contributed by atoms with Gasteiger partial charge < -0.3 is 4.98 Å². The Morgan fingerprint density at radius 1 is 1.44 bits per heavy atom. The number of aromatic nitrogens is 4. The molecule has 2 aromatic heterocycles. The molecule has 0 fully saturated rings. The molecule has 0 spiro atoms. The van der Waals surface area contributed by atoms with Gasteiger partial charge in [-0.3, -0.25) is 4.68 Å². The summed E-state index contributed by atoms with van der Waals surface area (Å²) in [6.45, 7) is 3.97. The molecule has 7 nitrogen and oxygen atoms in total. The number of aromatic amines is 1. The van der Waals surface area contributed by atoms with Crippen molar-refractivity contribution in [2.75, 3.05) is 0 Å². The standard InChI is InChI=1S/C10H15N5O2S/c1-7-9(8(2)15(3)14-7)4-13-18(16,17)10-5-11-6-12-10/h5-6,13H,4H2,1-3H3,(H,11,12). The average molecular weight is 269 g/mol. The van der Waals surface area contributed by atoms with Gasteiger partial charge in [-0.25, -0.2) is 18.1 Å². The molecular weight excluding hydrogens is 254 g/mol. The molecule has 0 aromatic carbocycles. The van der Waals surface area contributed by atoms with E-state index in [0.717, 1.165) is 17.0 Å². The van der Waals surface area contributed by atoms with E-state index in [2.05, 4.69) is 19.8 Å². The van der Waals surface area contributed by atoms with E-state index in [-0.39, 0.29) is 11.6 Å². The van der Waals surface area contributed by atoms with Crippen molar-refractivity contribution in [2.45, 2.75) is 25.4 Å². The molecule has 0 atom stereocenters. The Kier molecular flexibility index (Phi) is 3.22. The summed E-state index contributed by atoms with van der Waals surface area (Å²) in [5.74, 6) is 0. The van der Waals surface area contributed by atoms with Gasteiger partial charge in [0.05, 0.1) is 18.2 Å². The van der Waals surface area contributed by atoms with Gasteiger partial charge in [0.2, 0.25) is 0 Å². The molecule has 0 radical (unpaired) electrons. The third-order valence-electron chi connectivity index (χ3n) is 2.86. The van der Waals surface area contributed by atoms with Gasteiger partial charge in [0, 0.05) is 24.8 Å². The maximum absolute atomic E-state index is 11.9. The van der Waals surface area contributed by atoms with Crippen molar-refractivity contribution in [3.05, 3.63) is 29.5 Å². The SMILES string of the molecule is Cc1nn(C)c(C)c1CNS(=O)(=O)c1cnc[nH]1. The minimum absolute atomic E-state index is 0.0571. The van der Waals surface area contributed by atoms with Crippen molar-refractivity contribution in [2.24, 2.45) is 7.05 Å². The van der Waals surface area contributed by atoms with Gasteiger partial charge in [-0.1, -0.05) is 0 Å². The zero-order valence-corrected chi connectivity index (χ0v) is 11.2. The fraction of sp³-hybridized carbons (Fsp3) is 0.400. The molecule has 2 N–H and O–H groups in total. The number of rotatable bonds is 4. The van der Waals surface area contributed by atoms with Crippen molar-refractivity contribution in [3.63, 3.8) is 0 Å². The van der Waals surface area contributed by atoms with Crippen LogP contribution in [0.4, 0.5) is 0 Å². The van der Waals surface area contributed by atoms with E-state index in [1.807, 2.05) is 20.9 Å². The van der Waals surface area contributed by atoms with E-state index in [0.29, 0.717) is 0 Å². The van der Waals surface area contributed by atoms with Crippen LogP contribution < -0.4 is 4.72 Å². The van der Waals surface area contributed by atoms with Crippen LogP contribution in [-0.2, 0) is 23.6 Å². The topological polar surface area (TPSA) is 92.7 Å². The first-order valence-electron chi connectivity index (χ1n) is 5.39. The molecule has 0 saturated heterocycles. The zero-order chi connectivity index (χ0) is 13.3. The molecule has 0 aliphatic rings. The Hall–Kier alpha value is -1.67. The first-order valence-corrected chi connectivity index (χ1v) is 6.87. The molecule has 2 aromatic rings. The van der Waals surface area contributed by atoms with Crippen LogP contribution >= 0.6 is 0 Å². The largest absolute Gasteiger partial charge is 0.335 e.